The summed E-state index contributed by atoms with van der Waals surface area (Å²) in [6.07, 6.45) is 42.8. The fourth-order valence-corrected chi connectivity index (χ4v) is 5.96. The first-order valence-corrected chi connectivity index (χ1v) is 20.2. The minimum absolute atomic E-state index is 0.0601. The normalized spacial score (nSPS) is 12.2. The predicted molar refractivity (Wildman–Crippen MR) is 196 cm³/mol. The van der Waals surface area contributed by atoms with Crippen LogP contribution in [0.15, 0.2) is 12.2 Å². The Balaban J connectivity index is 3.48. The molecular weight excluding hydrogens is 572 g/mol. The van der Waals surface area contributed by atoms with E-state index in [2.05, 4.69) is 26.0 Å². The number of unbranched alkanes of at least 4 members (excludes halogenated alkanes) is 27. The van der Waals surface area contributed by atoms with E-state index in [1.807, 2.05) is 0 Å². The third-order valence-corrected chi connectivity index (χ3v) is 9.06. The molecule has 0 fully saturated rings. The summed E-state index contributed by atoms with van der Waals surface area (Å²) in [7, 11) is 0. The van der Waals surface area contributed by atoms with Gasteiger partial charge >= 0.3 is 11.9 Å². The molecule has 0 amide bonds. The Kier molecular flexibility index (Phi) is 37.0. The van der Waals surface area contributed by atoms with Crippen molar-refractivity contribution in [2.24, 2.45) is 0 Å². The second kappa shape index (κ2) is 38.1. The summed E-state index contributed by atoms with van der Waals surface area (Å²) in [6, 6.07) is 0. The highest BCUT2D eigenvalue weighted by Gasteiger charge is 2.16. The van der Waals surface area contributed by atoms with Crippen molar-refractivity contribution in [2.45, 2.75) is 225 Å². The van der Waals surface area contributed by atoms with Crippen LogP contribution in [0.3, 0.4) is 0 Å². The largest absolute Gasteiger partial charge is 0.462 e. The lowest BCUT2D eigenvalue weighted by Gasteiger charge is -2.15. The van der Waals surface area contributed by atoms with Crippen LogP contribution in [0.1, 0.15) is 219 Å². The molecule has 0 bridgehead atoms. The molecular formula is C41H78O5. The molecule has 0 aromatic rings. The molecule has 0 unspecified atom stereocenters. The molecule has 5 nitrogen and oxygen atoms in total. The summed E-state index contributed by atoms with van der Waals surface area (Å²) >= 11 is 0. The SMILES string of the molecule is CCCCCCCC/C=C/CCCCCCCCCCCCCC(=O)O[C@@H](CO)COC(=O)CCCCCCCCCCCCC. The van der Waals surface area contributed by atoms with Crippen molar-refractivity contribution in [1.82, 2.24) is 0 Å². The van der Waals surface area contributed by atoms with Crippen LogP contribution in [-0.2, 0) is 19.1 Å². The van der Waals surface area contributed by atoms with Crippen LogP contribution in [-0.4, -0.2) is 36.4 Å². The number of hydrogen-bond donors (Lipinski definition) is 1. The topological polar surface area (TPSA) is 72.8 Å². The number of aliphatic hydroxyl groups excluding tert-OH is 1. The Morgan fingerprint density at radius 3 is 1.17 bits per heavy atom. The van der Waals surface area contributed by atoms with Gasteiger partial charge in [-0.25, -0.2) is 0 Å². The van der Waals surface area contributed by atoms with Gasteiger partial charge in [0, 0.05) is 12.8 Å². The van der Waals surface area contributed by atoms with Crippen molar-refractivity contribution in [2.75, 3.05) is 13.2 Å². The molecule has 0 heterocycles. The maximum absolute atomic E-state index is 12.2. The minimum atomic E-state index is -0.764. The van der Waals surface area contributed by atoms with Gasteiger partial charge in [0.05, 0.1) is 6.61 Å². The summed E-state index contributed by atoms with van der Waals surface area (Å²) in [4.78, 5) is 24.2. The van der Waals surface area contributed by atoms with Crippen molar-refractivity contribution in [3.8, 4) is 0 Å². The van der Waals surface area contributed by atoms with Crippen molar-refractivity contribution in [3.63, 3.8) is 0 Å². The predicted octanol–water partition coefficient (Wildman–Crippen LogP) is 12.5. The molecule has 0 aliphatic carbocycles. The zero-order valence-corrected chi connectivity index (χ0v) is 30.9. The Morgan fingerprint density at radius 2 is 0.804 bits per heavy atom. The number of aliphatic hydroxyl groups is 1. The summed E-state index contributed by atoms with van der Waals surface area (Å²) in [5, 5.41) is 9.54. The molecule has 0 spiro atoms. The first-order valence-electron chi connectivity index (χ1n) is 20.2. The molecule has 0 aliphatic heterocycles. The first-order chi connectivity index (χ1) is 22.6. The average molecular weight is 651 g/mol. The van der Waals surface area contributed by atoms with Gasteiger partial charge in [-0.2, -0.15) is 0 Å². The zero-order chi connectivity index (χ0) is 33.6. The van der Waals surface area contributed by atoms with E-state index in [1.54, 1.807) is 0 Å². The van der Waals surface area contributed by atoms with Gasteiger partial charge in [0.2, 0.25) is 0 Å². The Hall–Kier alpha value is -1.36. The lowest BCUT2D eigenvalue weighted by molar-refractivity contribution is -0.161. The van der Waals surface area contributed by atoms with E-state index in [0.717, 1.165) is 38.5 Å². The zero-order valence-electron chi connectivity index (χ0n) is 30.9. The number of rotatable bonds is 37. The van der Waals surface area contributed by atoms with Gasteiger partial charge in [-0.05, 0) is 38.5 Å². The molecule has 1 atom stereocenters. The van der Waals surface area contributed by atoms with Gasteiger partial charge in [0.15, 0.2) is 6.10 Å². The second-order valence-corrected chi connectivity index (χ2v) is 13.7. The number of hydrogen-bond acceptors (Lipinski definition) is 5. The second-order valence-electron chi connectivity index (χ2n) is 13.7. The van der Waals surface area contributed by atoms with Crippen LogP contribution >= 0.6 is 0 Å². The van der Waals surface area contributed by atoms with Gasteiger partial charge in [-0.1, -0.05) is 180 Å². The van der Waals surface area contributed by atoms with E-state index in [1.165, 1.54) is 154 Å². The molecule has 0 aliphatic rings. The summed E-state index contributed by atoms with van der Waals surface area (Å²) < 4.78 is 10.6. The molecule has 46 heavy (non-hydrogen) atoms. The van der Waals surface area contributed by atoms with Crippen LogP contribution in [0.2, 0.25) is 0 Å². The van der Waals surface area contributed by atoms with E-state index in [9.17, 15) is 14.7 Å². The van der Waals surface area contributed by atoms with Gasteiger partial charge in [0.25, 0.3) is 0 Å². The highest BCUT2D eigenvalue weighted by atomic mass is 16.6. The Morgan fingerprint density at radius 1 is 0.478 bits per heavy atom. The monoisotopic (exact) mass is 651 g/mol. The fourth-order valence-electron chi connectivity index (χ4n) is 5.96. The van der Waals surface area contributed by atoms with Crippen molar-refractivity contribution in [3.05, 3.63) is 12.2 Å². The van der Waals surface area contributed by atoms with E-state index in [4.69, 9.17) is 9.47 Å². The van der Waals surface area contributed by atoms with Crippen molar-refractivity contribution >= 4 is 11.9 Å². The number of esters is 2. The van der Waals surface area contributed by atoms with E-state index >= 15 is 0 Å². The standard InChI is InChI=1S/C41H78O5/c1-3-5-7-9-11-13-15-16-17-18-19-20-21-22-23-24-26-28-30-32-34-36-41(44)46-39(37-42)38-45-40(43)35-33-31-29-27-25-14-12-10-8-6-4-2/h16-17,39,42H,3-15,18-38H2,1-2H3/b17-16+/t39-/m0/s1. The lowest BCUT2D eigenvalue weighted by Crippen LogP contribution is -2.28. The minimum Gasteiger partial charge on any atom is -0.462 e. The summed E-state index contributed by atoms with van der Waals surface area (Å²) in [5.74, 6) is -0.582. The Labute approximate surface area is 286 Å². The number of allylic oxidation sites excluding steroid dienone is 2. The van der Waals surface area contributed by atoms with Crippen molar-refractivity contribution < 1.29 is 24.2 Å². The lowest BCUT2D eigenvalue weighted by atomic mass is 10.0. The molecule has 0 rings (SSSR count). The molecule has 0 saturated heterocycles. The number of carbonyl (C=O) groups is 2. The van der Waals surface area contributed by atoms with Crippen LogP contribution in [0, 0.1) is 0 Å². The summed E-state index contributed by atoms with van der Waals surface area (Å²) in [5.41, 5.74) is 0. The molecule has 1 N–H and O–H groups in total. The van der Waals surface area contributed by atoms with Gasteiger partial charge in [-0.15, -0.1) is 0 Å². The van der Waals surface area contributed by atoms with E-state index < -0.39 is 6.10 Å². The van der Waals surface area contributed by atoms with Gasteiger partial charge < -0.3 is 14.6 Å². The number of ether oxygens (including phenoxy) is 2. The molecule has 0 aromatic carbocycles. The fraction of sp³-hybridized carbons (Fsp3) is 0.902. The maximum atomic E-state index is 12.2. The van der Waals surface area contributed by atoms with Crippen LogP contribution < -0.4 is 0 Å². The maximum Gasteiger partial charge on any atom is 0.306 e. The summed E-state index contributed by atoms with van der Waals surface area (Å²) in [6.45, 7) is 4.14. The third-order valence-electron chi connectivity index (χ3n) is 9.06. The van der Waals surface area contributed by atoms with Crippen LogP contribution in [0.25, 0.3) is 0 Å². The van der Waals surface area contributed by atoms with Gasteiger partial charge in [-0.3, -0.25) is 9.59 Å². The van der Waals surface area contributed by atoms with Crippen LogP contribution in [0.5, 0.6) is 0 Å². The van der Waals surface area contributed by atoms with E-state index in [0.29, 0.717) is 12.8 Å². The third kappa shape index (κ3) is 35.5. The van der Waals surface area contributed by atoms with E-state index in [-0.39, 0.29) is 25.2 Å². The smallest absolute Gasteiger partial charge is 0.306 e. The van der Waals surface area contributed by atoms with Crippen molar-refractivity contribution in [1.29, 1.82) is 0 Å². The molecule has 0 aromatic heterocycles. The number of carbonyl (C=O) groups excluding carboxylic acids is 2. The average Bonchev–Trinajstić information content (AvgIpc) is 3.06. The molecule has 0 saturated carbocycles. The highest BCUT2D eigenvalue weighted by Crippen LogP contribution is 2.15. The molecule has 5 heteroatoms. The van der Waals surface area contributed by atoms with Crippen LogP contribution in [0.4, 0.5) is 0 Å². The van der Waals surface area contributed by atoms with Gasteiger partial charge in [0.1, 0.15) is 6.61 Å². The molecule has 0 radical (unpaired) electrons. The Bertz CT molecular complexity index is 661. The first kappa shape index (κ1) is 44.6. The highest BCUT2D eigenvalue weighted by molar-refractivity contribution is 5.70. The quantitative estimate of drug-likeness (QED) is 0.0411. The molecule has 272 valence electrons.